The van der Waals surface area contributed by atoms with Gasteiger partial charge in [-0.25, -0.2) is 0 Å². The summed E-state index contributed by atoms with van der Waals surface area (Å²) in [5.74, 6) is 1.16. The fourth-order valence-electron chi connectivity index (χ4n) is 3.26. The fraction of sp³-hybridized carbons (Fsp3) is 0.300. The molecule has 1 aromatic heterocycles. The van der Waals surface area contributed by atoms with Crippen LogP contribution >= 0.6 is 23.2 Å². The summed E-state index contributed by atoms with van der Waals surface area (Å²) in [4.78, 5) is 9.27. The van der Waals surface area contributed by atoms with Crippen LogP contribution < -0.4 is 0 Å². The lowest BCUT2D eigenvalue weighted by Crippen LogP contribution is -2.45. The highest BCUT2D eigenvalue weighted by Gasteiger charge is 2.20. The van der Waals surface area contributed by atoms with Gasteiger partial charge in [0.05, 0.1) is 11.6 Å². The molecule has 0 amide bonds. The molecule has 2 aromatic carbocycles. The van der Waals surface area contributed by atoms with Crippen LogP contribution in [0.5, 0.6) is 0 Å². The molecule has 1 fully saturated rings. The molecule has 0 N–H and O–H groups in total. The average Bonchev–Trinajstić information content (AvgIpc) is 3.12. The van der Waals surface area contributed by atoms with Gasteiger partial charge >= 0.3 is 0 Å². The lowest BCUT2D eigenvalue weighted by atomic mass is 10.2. The van der Waals surface area contributed by atoms with E-state index in [0.29, 0.717) is 23.3 Å². The first-order valence-corrected chi connectivity index (χ1v) is 9.69. The lowest BCUT2D eigenvalue weighted by Gasteiger charge is -2.33. The third-order valence-electron chi connectivity index (χ3n) is 4.70. The molecule has 27 heavy (non-hydrogen) atoms. The van der Waals surface area contributed by atoms with Crippen molar-refractivity contribution >= 4 is 23.2 Å². The number of benzene rings is 2. The highest BCUT2D eigenvalue weighted by molar-refractivity contribution is 6.33. The first-order chi connectivity index (χ1) is 13.2. The van der Waals surface area contributed by atoms with Gasteiger partial charge in [0.15, 0.2) is 0 Å². The molecule has 2 heterocycles. The van der Waals surface area contributed by atoms with Gasteiger partial charge in [-0.05, 0) is 29.8 Å². The number of rotatable bonds is 5. The molecule has 1 aliphatic heterocycles. The fourth-order valence-corrected chi connectivity index (χ4v) is 3.69. The highest BCUT2D eigenvalue weighted by atomic mass is 35.5. The van der Waals surface area contributed by atoms with Gasteiger partial charge in [-0.15, -0.1) is 0 Å². The summed E-state index contributed by atoms with van der Waals surface area (Å²) in [5, 5.41) is 5.48. The SMILES string of the molecule is Clc1cccc(CN2CCN(Cc3nc(-c4ccccc4Cl)no3)CC2)c1. The molecule has 0 atom stereocenters. The third-order valence-corrected chi connectivity index (χ3v) is 5.27. The molecule has 0 unspecified atom stereocenters. The van der Waals surface area contributed by atoms with Crippen molar-refractivity contribution in [1.82, 2.24) is 19.9 Å². The van der Waals surface area contributed by atoms with E-state index >= 15 is 0 Å². The summed E-state index contributed by atoms with van der Waals surface area (Å²) >= 11 is 12.3. The van der Waals surface area contributed by atoms with E-state index in [2.05, 4.69) is 26.0 Å². The minimum Gasteiger partial charge on any atom is -0.338 e. The van der Waals surface area contributed by atoms with Gasteiger partial charge in [0.1, 0.15) is 0 Å². The van der Waals surface area contributed by atoms with Crippen LogP contribution in [0.1, 0.15) is 11.5 Å². The van der Waals surface area contributed by atoms with Crippen molar-refractivity contribution < 1.29 is 4.52 Å². The zero-order chi connectivity index (χ0) is 18.6. The number of hydrogen-bond donors (Lipinski definition) is 0. The van der Waals surface area contributed by atoms with Crippen LogP contribution in [-0.4, -0.2) is 46.1 Å². The number of piperazine rings is 1. The Kier molecular flexibility index (Phi) is 5.74. The molecule has 7 heteroatoms. The Bertz CT molecular complexity index is 906. The predicted octanol–water partition coefficient (Wildman–Crippen LogP) is 4.36. The number of halogens is 2. The topological polar surface area (TPSA) is 45.4 Å². The molecule has 0 spiro atoms. The average molecular weight is 403 g/mol. The molecule has 0 aliphatic carbocycles. The van der Waals surface area contributed by atoms with Crippen molar-refractivity contribution in [2.24, 2.45) is 0 Å². The molecule has 0 saturated carbocycles. The Morgan fingerprint density at radius 2 is 1.63 bits per heavy atom. The second-order valence-corrected chi connectivity index (χ2v) is 7.52. The predicted molar refractivity (Wildman–Crippen MR) is 107 cm³/mol. The summed E-state index contributed by atoms with van der Waals surface area (Å²) in [5.41, 5.74) is 2.04. The standard InChI is InChI=1S/C20H20Cl2N4O/c21-16-5-3-4-15(12-16)13-25-8-10-26(11-9-25)14-19-23-20(24-27-19)17-6-1-2-7-18(17)22/h1-7,12H,8-11,13-14H2. The minimum atomic E-state index is 0.537. The van der Waals surface area contributed by atoms with Crippen LogP contribution in [0.2, 0.25) is 10.0 Å². The van der Waals surface area contributed by atoms with Crippen LogP contribution in [0.4, 0.5) is 0 Å². The third kappa shape index (κ3) is 4.68. The zero-order valence-corrected chi connectivity index (χ0v) is 16.3. The van der Waals surface area contributed by atoms with E-state index in [9.17, 15) is 0 Å². The van der Waals surface area contributed by atoms with E-state index in [-0.39, 0.29) is 0 Å². The molecule has 0 bridgehead atoms. The molecule has 0 radical (unpaired) electrons. The minimum absolute atomic E-state index is 0.537. The van der Waals surface area contributed by atoms with Crippen molar-refractivity contribution in [2.75, 3.05) is 26.2 Å². The Morgan fingerprint density at radius 3 is 2.37 bits per heavy atom. The molecule has 1 aliphatic rings. The monoisotopic (exact) mass is 402 g/mol. The highest BCUT2D eigenvalue weighted by Crippen LogP contribution is 2.25. The molecule has 1 saturated heterocycles. The van der Waals surface area contributed by atoms with Gasteiger partial charge in [0.25, 0.3) is 0 Å². The van der Waals surface area contributed by atoms with Crippen LogP contribution in [0.15, 0.2) is 53.1 Å². The van der Waals surface area contributed by atoms with Crippen molar-refractivity contribution in [2.45, 2.75) is 13.1 Å². The number of hydrogen-bond acceptors (Lipinski definition) is 5. The van der Waals surface area contributed by atoms with Crippen molar-refractivity contribution in [3.8, 4) is 11.4 Å². The Balaban J connectivity index is 1.31. The molecular formula is C20H20Cl2N4O. The Labute approximate surface area is 168 Å². The second-order valence-electron chi connectivity index (χ2n) is 6.67. The van der Waals surface area contributed by atoms with Crippen LogP contribution in [0.25, 0.3) is 11.4 Å². The maximum absolute atomic E-state index is 6.21. The quantitative estimate of drug-likeness (QED) is 0.634. The summed E-state index contributed by atoms with van der Waals surface area (Å²) in [7, 11) is 0. The van der Waals surface area contributed by atoms with Gasteiger partial charge in [-0.3, -0.25) is 9.80 Å². The summed E-state index contributed by atoms with van der Waals surface area (Å²) in [6.07, 6.45) is 0. The first kappa shape index (κ1) is 18.4. The molecule has 140 valence electrons. The normalized spacial score (nSPS) is 15.9. The van der Waals surface area contributed by atoms with Crippen LogP contribution in [0.3, 0.4) is 0 Å². The molecule has 3 aromatic rings. The Morgan fingerprint density at radius 1 is 0.889 bits per heavy atom. The maximum Gasteiger partial charge on any atom is 0.241 e. The van der Waals surface area contributed by atoms with Crippen LogP contribution in [-0.2, 0) is 13.1 Å². The van der Waals surface area contributed by atoms with E-state index in [1.807, 2.05) is 42.5 Å². The van der Waals surface area contributed by atoms with E-state index < -0.39 is 0 Å². The van der Waals surface area contributed by atoms with E-state index in [4.69, 9.17) is 27.7 Å². The van der Waals surface area contributed by atoms with Crippen LogP contribution in [0, 0.1) is 0 Å². The van der Waals surface area contributed by atoms with Crippen molar-refractivity contribution in [3.05, 3.63) is 70.0 Å². The van der Waals surface area contributed by atoms with E-state index in [1.165, 1.54) is 5.56 Å². The van der Waals surface area contributed by atoms with E-state index in [1.54, 1.807) is 0 Å². The van der Waals surface area contributed by atoms with E-state index in [0.717, 1.165) is 43.3 Å². The van der Waals surface area contributed by atoms with Crippen molar-refractivity contribution in [3.63, 3.8) is 0 Å². The smallest absolute Gasteiger partial charge is 0.241 e. The number of nitrogens with zero attached hydrogens (tertiary/aromatic N) is 4. The molecular weight excluding hydrogens is 383 g/mol. The van der Waals surface area contributed by atoms with Gasteiger partial charge in [0, 0.05) is 43.3 Å². The summed E-state index contributed by atoms with van der Waals surface area (Å²) in [6.45, 7) is 5.50. The maximum atomic E-state index is 6.21. The van der Waals surface area contributed by atoms with Gasteiger partial charge < -0.3 is 4.52 Å². The second kappa shape index (κ2) is 8.40. The first-order valence-electron chi connectivity index (χ1n) is 8.94. The van der Waals surface area contributed by atoms with Crippen molar-refractivity contribution in [1.29, 1.82) is 0 Å². The molecule has 5 nitrogen and oxygen atoms in total. The lowest BCUT2D eigenvalue weighted by molar-refractivity contribution is 0.112. The molecule has 4 rings (SSSR count). The summed E-state index contributed by atoms with van der Waals surface area (Å²) < 4.78 is 5.42. The van der Waals surface area contributed by atoms with Gasteiger partial charge in [0.2, 0.25) is 11.7 Å². The van der Waals surface area contributed by atoms with Gasteiger partial charge in [-0.1, -0.05) is 52.6 Å². The number of aromatic nitrogens is 2. The summed E-state index contributed by atoms with van der Waals surface area (Å²) in [6, 6.07) is 15.6. The Hall–Kier alpha value is -1.92. The zero-order valence-electron chi connectivity index (χ0n) is 14.8. The largest absolute Gasteiger partial charge is 0.338 e. The van der Waals surface area contributed by atoms with Gasteiger partial charge in [-0.2, -0.15) is 4.98 Å².